The van der Waals surface area contributed by atoms with E-state index in [0.717, 1.165) is 0 Å². The standard InChI is InChI=1S/C14H22NO5P/c1-10(2)13(14(16)19-11(3)4)15-21(17,18)20-12-8-6-5-7-9-12/h5-11,13H,1-4H3,(H2,15,17,18). The molecule has 0 aliphatic carbocycles. The molecule has 0 saturated heterocycles. The molecule has 0 aliphatic rings. The van der Waals surface area contributed by atoms with E-state index >= 15 is 0 Å². The molecule has 0 fully saturated rings. The van der Waals surface area contributed by atoms with Crippen LogP contribution in [0.4, 0.5) is 0 Å². The average molecular weight is 315 g/mol. The van der Waals surface area contributed by atoms with Gasteiger partial charge in [0.05, 0.1) is 6.10 Å². The number of hydrogen-bond acceptors (Lipinski definition) is 4. The van der Waals surface area contributed by atoms with Gasteiger partial charge in [-0.2, -0.15) is 5.09 Å². The second-order valence-electron chi connectivity index (χ2n) is 5.26. The zero-order chi connectivity index (χ0) is 16.0. The lowest BCUT2D eigenvalue weighted by atomic mass is 10.1. The van der Waals surface area contributed by atoms with Crippen molar-refractivity contribution in [3.8, 4) is 5.75 Å². The van der Waals surface area contributed by atoms with Crippen molar-refractivity contribution in [2.45, 2.75) is 39.8 Å². The average Bonchev–Trinajstić information content (AvgIpc) is 2.35. The Morgan fingerprint density at radius 1 is 1.19 bits per heavy atom. The van der Waals surface area contributed by atoms with E-state index in [4.69, 9.17) is 9.26 Å². The molecule has 6 nitrogen and oxygen atoms in total. The molecular weight excluding hydrogens is 293 g/mol. The predicted molar refractivity (Wildman–Crippen MR) is 79.9 cm³/mol. The monoisotopic (exact) mass is 315 g/mol. The first-order chi connectivity index (χ1) is 9.71. The number of ether oxygens (including phenoxy) is 1. The van der Waals surface area contributed by atoms with Crippen LogP contribution >= 0.6 is 7.75 Å². The summed E-state index contributed by atoms with van der Waals surface area (Å²) in [5.74, 6) is -0.558. The SMILES string of the molecule is CC(C)OC(=O)C(NP(=O)(O)Oc1ccccc1)C(C)C. The number of esters is 1. The van der Waals surface area contributed by atoms with Gasteiger partial charge < -0.3 is 14.2 Å². The summed E-state index contributed by atoms with van der Waals surface area (Å²) in [5, 5.41) is 2.36. The Balaban J connectivity index is 2.77. The van der Waals surface area contributed by atoms with Crippen LogP contribution in [0.5, 0.6) is 5.75 Å². The highest BCUT2D eigenvalue weighted by molar-refractivity contribution is 7.51. The molecule has 118 valence electrons. The minimum absolute atomic E-state index is 0.226. The fraction of sp³-hybridized carbons (Fsp3) is 0.500. The van der Waals surface area contributed by atoms with Gasteiger partial charge in [0.25, 0.3) is 0 Å². The Bertz CT molecular complexity index is 503. The Morgan fingerprint density at radius 2 is 1.76 bits per heavy atom. The van der Waals surface area contributed by atoms with Crippen LogP contribution in [0.1, 0.15) is 27.7 Å². The van der Waals surface area contributed by atoms with Gasteiger partial charge in [0.15, 0.2) is 0 Å². The van der Waals surface area contributed by atoms with Gasteiger partial charge in [-0.15, -0.1) is 0 Å². The number of carbonyl (C=O) groups is 1. The van der Waals surface area contributed by atoms with Crippen molar-refractivity contribution < 1.29 is 23.5 Å². The maximum Gasteiger partial charge on any atom is 0.456 e. The van der Waals surface area contributed by atoms with Crippen molar-refractivity contribution in [2.24, 2.45) is 5.92 Å². The summed E-state index contributed by atoms with van der Waals surface area (Å²) < 4.78 is 22.2. The van der Waals surface area contributed by atoms with Gasteiger partial charge in [0.1, 0.15) is 11.8 Å². The quantitative estimate of drug-likeness (QED) is 0.594. The number of rotatable bonds is 7. The third kappa shape index (κ3) is 6.29. The van der Waals surface area contributed by atoms with Crippen molar-refractivity contribution in [3.05, 3.63) is 30.3 Å². The molecule has 2 unspecified atom stereocenters. The number of benzene rings is 1. The first kappa shape index (κ1) is 17.7. The topological polar surface area (TPSA) is 84.9 Å². The Morgan fingerprint density at radius 3 is 2.24 bits per heavy atom. The maximum atomic E-state index is 12.1. The van der Waals surface area contributed by atoms with Gasteiger partial charge in [0.2, 0.25) is 0 Å². The van der Waals surface area contributed by atoms with Gasteiger partial charge >= 0.3 is 13.7 Å². The molecule has 0 aliphatic heterocycles. The summed E-state index contributed by atoms with van der Waals surface area (Å²) in [6, 6.07) is 7.32. The van der Waals surface area contributed by atoms with Gasteiger partial charge in [-0.25, -0.2) is 4.57 Å². The van der Waals surface area contributed by atoms with E-state index in [1.807, 2.05) is 0 Å². The second kappa shape index (κ2) is 7.59. The fourth-order valence-electron chi connectivity index (χ4n) is 1.61. The predicted octanol–water partition coefficient (Wildman–Crippen LogP) is 2.73. The third-order valence-corrected chi connectivity index (χ3v) is 3.61. The van der Waals surface area contributed by atoms with Crippen LogP contribution in [0.2, 0.25) is 0 Å². The number of hydrogen-bond donors (Lipinski definition) is 2. The molecule has 1 aromatic rings. The van der Waals surface area contributed by atoms with E-state index in [9.17, 15) is 14.3 Å². The van der Waals surface area contributed by atoms with Gasteiger partial charge in [-0.05, 0) is 31.9 Å². The molecule has 21 heavy (non-hydrogen) atoms. The summed E-state index contributed by atoms with van der Waals surface area (Å²) in [6.07, 6.45) is -0.298. The first-order valence-corrected chi connectivity index (χ1v) is 8.35. The third-order valence-electron chi connectivity index (χ3n) is 2.55. The molecule has 0 spiro atoms. The first-order valence-electron chi connectivity index (χ1n) is 6.77. The molecule has 0 radical (unpaired) electrons. The van der Waals surface area contributed by atoms with Gasteiger partial charge in [-0.1, -0.05) is 32.0 Å². The summed E-state index contributed by atoms with van der Waals surface area (Å²) in [5.41, 5.74) is 0. The molecule has 0 amide bonds. The van der Waals surface area contributed by atoms with E-state index in [1.54, 1.807) is 58.0 Å². The fourth-order valence-corrected chi connectivity index (χ4v) is 2.82. The lowest BCUT2D eigenvalue weighted by Gasteiger charge is -2.24. The van der Waals surface area contributed by atoms with Crippen molar-refractivity contribution in [2.75, 3.05) is 0 Å². The Labute approximate surface area is 125 Å². The molecule has 2 atom stereocenters. The Kier molecular flexibility index (Phi) is 6.40. The number of carbonyl (C=O) groups excluding carboxylic acids is 1. The number of nitrogens with one attached hydrogen (secondary N) is 1. The minimum Gasteiger partial charge on any atom is -0.462 e. The zero-order valence-corrected chi connectivity index (χ0v) is 13.5. The highest BCUT2D eigenvalue weighted by Crippen LogP contribution is 2.39. The van der Waals surface area contributed by atoms with E-state index < -0.39 is 19.8 Å². The normalized spacial score (nSPS) is 15.6. The van der Waals surface area contributed by atoms with Crippen LogP contribution in [-0.4, -0.2) is 23.0 Å². The maximum absolute atomic E-state index is 12.1. The van der Waals surface area contributed by atoms with Crippen LogP contribution in [0.3, 0.4) is 0 Å². The summed E-state index contributed by atoms with van der Waals surface area (Å²) in [7, 11) is -4.17. The highest BCUT2D eigenvalue weighted by atomic mass is 31.2. The van der Waals surface area contributed by atoms with Crippen LogP contribution in [0.15, 0.2) is 30.3 Å². The smallest absolute Gasteiger partial charge is 0.456 e. The van der Waals surface area contributed by atoms with Crippen LogP contribution in [0.25, 0.3) is 0 Å². The molecule has 0 bridgehead atoms. The molecule has 0 aromatic heterocycles. The summed E-state index contributed by atoms with van der Waals surface area (Å²) in [4.78, 5) is 21.8. The van der Waals surface area contributed by atoms with Crippen molar-refractivity contribution >= 4 is 13.7 Å². The van der Waals surface area contributed by atoms with Crippen molar-refractivity contribution in [1.82, 2.24) is 5.09 Å². The van der Waals surface area contributed by atoms with E-state index in [2.05, 4.69) is 5.09 Å². The van der Waals surface area contributed by atoms with Crippen molar-refractivity contribution in [1.29, 1.82) is 0 Å². The second-order valence-corrected chi connectivity index (χ2v) is 6.74. The lowest BCUT2D eigenvalue weighted by molar-refractivity contribution is -0.150. The molecule has 7 heteroatoms. The summed E-state index contributed by atoms with van der Waals surface area (Å²) in [6.45, 7) is 6.94. The highest BCUT2D eigenvalue weighted by Gasteiger charge is 2.33. The molecular formula is C14H22NO5P. The number of para-hydroxylation sites is 1. The lowest BCUT2D eigenvalue weighted by Crippen LogP contribution is -2.42. The zero-order valence-electron chi connectivity index (χ0n) is 12.6. The molecule has 0 heterocycles. The van der Waals surface area contributed by atoms with Crippen LogP contribution in [0, 0.1) is 5.92 Å². The van der Waals surface area contributed by atoms with Gasteiger partial charge in [-0.3, -0.25) is 4.79 Å². The summed E-state index contributed by atoms with van der Waals surface area (Å²) >= 11 is 0. The van der Waals surface area contributed by atoms with E-state index in [0.29, 0.717) is 0 Å². The largest absolute Gasteiger partial charge is 0.462 e. The molecule has 2 N–H and O–H groups in total. The van der Waals surface area contributed by atoms with Crippen molar-refractivity contribution in [3.63, 3.8) is 0 Å². The molecule has 1 aromatic carbocycles. The molecule has 1 rings (SSSR count). The van der Waals surface area contributed by atoms with Gasteiger partial charge in [0, 0.05) is 0 Å². The van der Waals surface area contributed by atoms with Crippen LogP contribution in [-0.2, 0) is 14.1 Å². The van der Waals surface area contributed by atoms with Crippen LogP contribution < -0.4 is 9.61 Å². The minimum atomic E-state index is -4.17. The Hall–Kier alpha value is -1.36. The molecule has 0 saturated carbocycles. The van der Waals surface area contributed by atoms with E-state index in [-0.39, 0.29) is 17.8 Å². The van der Waals surface area contributed by atoms with E-state index in [1.165, 1.54) is 0 Å².